The third-order valence-corrected chi connectivity index (χ3v) is 5.39. The summed E-state index contributed by atoms with van der Waals surface area (Å²) in [7, 11) is 1.62. The maximum atomic E-state index is 12.7. The van der Waals surface area contributed by atoms with E-state index in [1.807, 2.05) is 29.2 Å². The van der Waals surface area contributed by atoms with Crippen LogP contribution >= 0.6 is 0 Å². The number of aryl methyl sites for hydroxylation is 1. The van der Waals surface area contributed by atoms with Crippen LogP contribution in [0.15, 0.2) is 41.3 Å². The Bertz CT molecular complexity index is 889. The zero-order chi connectivity index (χ0) is 19.5. The molecule has 1 atom stereocenters. The van der Waals surface area contributed by atoms with E-state index in [1.54, 1.807) is 19.3 Å². The van der Waals surface area contributed by atoms with Gasteiger partial charge in [0, 0.05) is 50.7 Å². The highest BCUT2D eigenvalue weighted by molar-refractivity contribution is 5.93. The number of morpholine rings is 1. The maximum absolute atomic E-state index is 12.7. The molecule has 1 aromatic carbocycles. The Balaban J connectivity index is 1.35. The highest BCUT2D eigenvalue weighted by Gasteiger charge is 2.29. The number of aromatic nitrogens is 2. The van der Waals surface area contributed by atoms with Gasteiger partial charge in [0.1, 0.15) is 0 Å². The third kappa shape index (κ3) is 4.01. The number of ether oxygens (including phenoxy) is 1. The topological polar surface area (TPSA) is 79.7 Å². The van der Waals surface area contributed by atoms with E-state index >= 15 is 0 Å². The first-order valence-corrected chi connectivity index (χ1v) is 9.62. The molecule has 3 heterocycles. The summed E-state index contributed by atoms with van der Waals surface area (Å²) in [5.74, 6) is -0.0959. The smallest absolute Gasteiger partial charge is 0.268 e. The van der Waals surface area contributed by atoms with Gasteiger partial charge in [-0.2, -0.15) is 5.10 Å². The summed E-state index contributed by atoms with van der Waals surface area (Å²) < 4.78 is 6.68. The van der Waals surface area contributed by atoms with Gasteiger partial charge >= 0.3 is 0 Å². The lowest BCUT2D eigenvalue weighted by molar-refractivity contribution is -0.119. The van der Waals surface area contributed by atoms with Crippen molar-refractivity contribution < 1.29 is 9.53 Å². The molecule has 0 saturated carbocycles. The van der Waals surface area contributed by atoms with Crippen LogP contribution in [0, 0.1) is 5.92 Å². The lowest BCUT2D eigenvalue weighted by Gasteiger charge is -2.29. The SMILES string of the molecule is Cn1ncc(N2CCC(C(=O)Nc3ccc(N4CCOCC4)cc3)C2)cc1=O. The van der Waals surface area contributed by atoms with Crippen LogP contribution in [0.3, 0.4) is 0 Å². The minimum Gasteiger partial charge on any atom is -0.378 e. The summed E-state index contributed by atoms with van der Waals surface area (Å²) in [5, 5.41) is 7.07. The van der Waals surface area contributed by atoms with Crippen molar-refractivity contribution in [2.75, 3.05) is 54.5 Å². The van der Waals surface area contributed by atoms with E-state index in [0.29, 0.717) is 6.54 Å². The van der Waals surface area contributed by atoms with E-state index in [9.17, 15) is 9.59 Å². The summed E-state index contributed by atoms with van der Waals surface area (Å²) in [4.78, 5) is 28.8. The second-order valence-corrected chi connectivity index (χ2v) is 7.24. The van der Waals surface area contributed by atoms with Crippen LogP contribution in [0.25, 0.3) is 0 Å². The highest BCUT2D eigenvalue weighted by atomic mass is 16.5. The van der Waals surface area contributed by atoms with Gasteiger partial charge in [-0.05, 0) is 30.7 Å². The largest absolute Gasteiger partial charge is 0.378 e. The molecule has 1 N–H and O–H groups in total. The summed E-state index contributed by atoms with van der Waals surface area (Å²) in [5.41, 5.74) is 2.57. The maximum Gasteiger partial charge on any atom is 0.268 e. The fourth-order valence-corrected chi connectivity index (χ4v) is 3.66. The van der Waals surface area contributed by atoms with Gasteiger partial charge in [0.2, 0.25) is 5.91 Å². The van der Waals surface area contributed by atoms with Crippen LogP contribution in [-0.2, 0) is 16.6 Å². The number of carbonyl (C=O) groups excluding carboxylic acids is 1. The van der Waals surface area contributed by atoms with Crippen molar-refractivity contribution in [2.45, 2.75) is 6.42 Å². The second kappa shape index (κ2) is 8.02. The molecule has 28 heavy (non-hydrogen) atoms. The molecule has 2 saturated heterocycles. The number of carbonyl (C=O) groups is 1. The van der Waals surface area contributed by atoms with E-state index in [0.717, 1.165) is 56.3 Å². The Morgan fingerprint density at radius 2 is 1.86 bits per heavy atom. The lowest BCUT2D eigenvalue weighted by atomic mass is 10.1. The number of anilines is 3. The number of amides is 1. The summed E-state index contributed by atoms with van der Waals surface area (Å²) in [6.45, 7) is 4.61. The quantitative estimate of drug-likeness (QED) is 0.851. The van der Waals surface area contributed by atoms with Crippen LogP contribution in [0.4, 0.5) is 17.1 Å². The van der Waals surface area contributed by atoms with Crippen LogP contribution < -0.4 is 20.7 Å². The van der Waals surface area contributed by atoms with Gasteiger partial charge in [-0.15, -0.1) is 0 Å². The van der Waals surface area contributed by atoms with Crippen LogP contribution in [0.5, 0.6) is 0 Å². The molecule has 2 fully saturated rings. The standard InChI is InChI=1S/C20H25N5O3/c1-23-19(26)12-18(13-21-23)25-7-6-15(14-25)20(27)22-16-2-4-17(5-3-16)24-8-10-28-11-9-24/h2-5,12-13,15H,6-11,14H2,1H3,(H,22,27). The van der Waals surface area contributed by atoms with Gasteiger partial charge in [0.25, 0.3) is 5.56 Å². The Morgan fingerprint density at radius 3 is 2.57 bits per heavy atom. The van der Waals surface area contributed by atoms with Crippen molar-refractivity contribution in [3.63, 3.8) is 0 Å². The zero-order valence-electron chi connectivity index (χ0n) is 16.0. The first-order chi connectivity index (χ1) is 13.6. The Kier molecular flexibility index (Phi) is 5.29. The van der Waals surface area contributed by atoms with Crippen molar-refractivity contribution in [2.24, 2.45) is 13.0 Å². The van der Waals surface area contributed by atoms with Gasteiger partial charge in [0.15, 0.2) is 0 Å². The Morgan fingerprint density at radius 1 is 1.11 bits per heavy atom. The lowest BCUT2D eigenvalue weighted by Crippen LogP contribution is -2.36. The fourth-order valence-electron chi connectivity index (χ4n) is 3.66. The molecule has 1 unspecified atom stereocenters. The van der Waals surface area contributed by atoms with Gasteiger partial charge in [-0.3, -0.25) is 9.59 Å². The average Bonchev–Trinajstić information content (AvgIpc) is 3.22. The molecule has 2 aliphatic rings. The molecule has 148 valence electrons. The van der Waals surface area contributed by atoms with Gasteiger partial charge in [-0.1, -0.05) is 0 Å². The van der Waals surface area contributed by atoms with Crippen molar-refractivity contribution in [3.05, 3.63) is 46.9 Å². The summed E-state index contributed by atoms with van der Waals surface area (Å²) >= 11 is 0. The molecule has 8 nitrogen and oxygen atoms in total. The van der Waals surface area contributed by atoms with Crippen molar-refractivity contribution in [3.8, 4) is 0 Å². The second-order valence-electron chi connectivity index (χ2n) is 7.24. The van der Waals surface area contributed by atoms with Crippen LogP contribution in [-0.4, -0.2) is 55.1 Å². The molecule has 2 aliphatic heterocycles. The molecule has 8 heteroatoms. The fraction of sp³-hybridized carbons (Fsp3) is 0.450. The van der Waals surface area contributed by atoms with Gasteiger partial charge in [-0.25, -0.2) is 4.68 Å². The van der Waals surface area contributed by atoms with Gasteiger partial charge in [0.05, 0.1) is 31.0 Å². The predicted octanol–water partition coefficient (Wildman–Crippen LogP) is 1.08. The van der Waals surface area contributed by atoms with Crippen molar-refractivity contribution in [1.82, 2.24) is 9.78 Å². The monoisotopic (exact) mass is 383 g/mol. The minimum atomic E-state index is -0.147. The van der Waals surface area contributed by atoms with Crippen molar-refractivity contribution >= 4 is 23.0 Å². The van der Waals surface area contributed by atoms with E-state index in [4.69, 9.17) is 4.74 Å². The predicted molar refractivity (Wildman–Crippen MR) is 108 cm³/mol. The first-order valence-electron chi connectivity index (χ1n) is 9.62. The number of nitrogens with one attached hydrogen (secondary N) is 1. The molecule has 1 amide bonds. The van der Waals surface area contributed by atoms with Crippen LogP contribution in [0.2, 0.25) is 0 Å². The van der Waals surface area contributed by atoms with E-state index in [2.05, 4.69) is 15.3 Å². The number of nitrogens with zero attached hydrogens (tertiary/aromatic N) is 4. The van der Waals surface area contributed by atoms with E-state index in [1.165, 1.54) is 4.68 Å². The summed E-state index contributed by atoms with van der Waals surface area (Å²) in [6, 6.07) is 9.53. The molecule has 2 aromatic rings. The summed E-state index contributed by atoms with van der Waals surface area (Å²) in [6.07, 6.45) is 2.43. The van der Waals surface area contributed by atoms with E-state index < -0.39 is 0 Å². The highest BCUT2D eigenvalue weighted by Crippen LogP contribution is 2.24. The molecule has 0 bridgehead atoms. The molecule has 0 radical (unpaired) electrons. The zero-order valence-corrected chi connectivity index (χ0v) is 16.0. The first kappa shape index (κ1) is 18.5. The van der Waals surface area contributed by atoms with Crippen molar-refractivity contribution in [1.29, 1.82) is 0 Å². The average molecular weight is 383 g/mol. The minimum absolute atomic E-state index is 0.0124. The number of benzene rings is 1. The Hall–Kier alpha value is -2.87. The third-order valence-electron chi connectivity index (χ3n) is 5.39. The van der Waals surface area contributed by atoms with E-state index in [-0.39, 0.29) is 17.4 Å². The normalized spacial score (nSPS) is 19.7. The molecular formula is C20H25N5O3. The molecule has 0 spiro atoms. The number of hydrogen-bond acceptors (Lipinski definition) is 6. The number of rotatable bonds is 4. The molecule has 1 aromatic heterocycles. The molecular weight excluding hydrogens is 358 g/mol. The molecule has 0 aliphatic carbocycles. The Labute approximate surface area is 163 Å². The van der Waals surface area contributed by atoms with Gasteiger partial charge < -0.3 is 19.9 Å². The number of hydrogen-bond donors (Lipinski definition) is 1. The molecule has 4 rings (SSSR count). The van der Waals surface area contributed by atoms with Crippen LogP contribution in [0.1, 0.15) is 6.42 Å².